The van der Waals surface area contributed by atoms with Crippen LogP contribution in [0.3, 0.4) is 0 Å². The lowest BCUT2D eigenvalue weighted by Gasteiger charge is -2.32. The van der Waals surface area contributed by atoms with E-state index in [0.717, 1.165) is 21.2 Å². The van der Waals surface area contributed by atoms with Crippen molar-refractivity contribution in [1.29, 1.82) is 0 Å². The second-order valence-corrected chi connectivity index (χ2v) is 10.1. The Kier molecular flexibility index (Phi) is 9.73. The van der Waals surface area contributed by atoms with Gasteiger partial charge in [0.2, 0.25) is 11.8 Å². The summed E-state index contributed by atoms with van der Waals surface area (Å²) in [6, 6.07) is 24.3. The molecule has 178 valence electrons. The molecule has 4 nitrogen and oxygen atoms in total. The molecular weight excluding hydrogens is 512 g/mol. The lowest BCUT2D eigenvalue weighted by molar-refractivity contribution is -0.140. The minimum absolute atomic E-state index is 0.106. The van der Waals surface area contributed by atoms with Crippen molar-refractivity contribution < 1.29 is 9.59 Å². The van der Waals surface area contributed by atoms with Crippen LogP contribution in [0.2, 0.25) is 5.02 Å². The Balaban J connectivity index is 1.93. The Hall–Kier alpha value is -2.63. The second kappa shape index (κ2) is 12.7. The molecule has 0 spiro atoms. The van der Waals surface area contributed by atoms with Crippen LogP contribution in [-0.2, 0) is 29.0 Å². The molecule has 3 rings (SSSR count). The van der Waals surface area contributed by atoms with E-state index in [-0.39, 0.29) is 18.2 Å². The highest BCUT2D eigenvalue weighted by atomic mass is 79.9. The predicted octanol–water partition coefficient (Wildman–Crippen LogP) is 6.06. The Morgan fingerprint density at radius 2 is 1.50 bits per heavy atom. The van der Waals surface area contributed by atoms with Crippen molar-refractivity contribution in [2.24, 2.45) is 5.92 Å². The Bertz CT molecular complexity index is 1070. The normalized spacial score (nSPS) is 11.8. The monoisotopic (exact) mass is 540 g/mol. The number of nitrogens with zero attached hydrogens (tertiary/aromatic N) is 1. The molecule has 0 unspecified atom stereocenters. The van der Waals surface area contributed by atoms with Gasteiger partial charge in [-0.15, -0.1) is 0 Å². The van der Waals surface area contributed by atoms with E-state index in [1.165, 1.54) is 0 Å². The Morgan fingerprint density at radius 3 is 2.12 bits per heavy atom. The van der Waals surface area contributed by atoms with Crippen molar-refractivity contribution in [1.82, 2.24) is 10.2 Å². The van der Waals surface area contributed by atoms with Crippen LogP contribution in [0.15, 0.2) is 83.3 Å². The predicted molar refractivity (Wildman–Crippen MR) is 142 cm³/mol. The average molecular weight is 542 g/mol. The fourth-order valence-corrected chi connectivity index (χ4v) is 4.03. The van der Waals surface area contributed by atoms with Crippen molar-refractivity contribution in [3.8, 4) is 0 Å². The standard InChI is InChI=1S/C28H30BrClN2O2/c1-20(2)18-31-28(34)26(16-21-6-4-3-5-7-21)32(19-23-8-12-24(29)13-9-23)27(33)17-22-10-14-25(30)15-11-22/h3-15,20,26H,16-19H2,1-2H3,(H,31,34)/t26-/m0/s1. The summed E-state index contributed by atoms with van der Waals surface area (Å²) in [5, 5.41) is 3.67. The van der Waals surface area contributed by atoms with Crippen LogP contribution in [0.1, 0.15) is 30.5 Å². The lowest BCUT2D eigenvalue weighted by Crippen LogP contribution is -2.51. The van der Waals surface area contributed by atoms with E-state index in [4.69, 9.17) is 11.6 Å². The molecule has 2 amide bonds. The molecule has 1 N–H and O–H groups in total. The molecule has 1 atom stereocenters. The molecule has 0 aliphatic rings. The van der Waals surface area contributed by atoms with Gasteiger partial charge in [-0.3, -0.25) is 9.59 Å². The number of carbonyl (C=O) groups is 2. The summed E-state index contributed by atoms with van der Waals surface area (Å²) in [7, 11) is 0. The van der Waals surface area contributed by atoms with Gasteiger partial charge >= 0.3 is 0 Å². The Morgan fingerprint density at radius 1 is 0.882 bits per heavy atom. The summed E-state index contributed by atoms with van der Waals surface area (Å²) >= 11 is 9.49. The average Bonchev–Trinajstić information content (AvgIpc) is 2.83. The molecule has 0 radical (unpaired) electrons. The van der Waals surface area contributed by atoms with Crippen LogP contribution in [0.25, 0.3) is 0 Å². The van der Waals surface area contributed by atoms with Gasteiger partial charge in [-0.05, 0) is 46.9 Å². The third kappa shape index (κ3) is 8.00. The number of hydrogen-bond acceptors (Lipinski definition) is 2. The molecular formula is C28H30BrClN2O2. The maximum Gasteiger partial charge on any atom is 0.243 e. The van der Waals surface area contributed by atoms with Crippen LogP contribution in [0.5, 0.6) is 0 Å². The van der Waals surface area contributed by atoms with Crippen molar-refractivity contribution in [2.75, 3.05) is 6.54 Å². The minimum Gasteiger partial charge on any atom is -0.354 e. The molecule has 0 aliphatic carbocycles. The number of amides is 2. The molecule has 0 heterocycles. The van der Waals surface area contributed by atoms with Gasteiger partial charge in [-0.25, -0.2) is 0 Å². The Labute approximate surface area is 215 Å². The summed E-state index contributed by atoms with van der Waals surface area (Å²) in [5.41, 5.74) is 2.82. The summed E-state index contributed by atoms with van der Waals surface area (Å²) in [4.78, 5) is 28.8. The molecule has 3 aromatic rings. The van der Waals surface area contributed by atoms with Crippen molar-refractivity contribution >= 4 is 39.3 Å². The SMILES string of the molecule is CC(C)CNC(=O)[C@H](Cc1ccccc1)N(Cc1ccc(Br)cc1)C(=O)Cc1ccc(Cl)cc1. The number of hydrogen-bond donors (Lipinski definition) is 1. The van der Waals surface area contributed by atoms with Crippen LogP contribution in [0, 0.1) is 5.92 Å². The fraction of sp³-hybridized carbons (Fsp3) is 0.286. The first-order valence-electron chi connectivity index (χ1n) is 11.4. The summed E-state index contributed by atoms with van der Waals surface area (Å²) < 4.78 is 0.964. The third-order valence-corrected chi connectivity index (χ3v) is 6.27. The second-order valence-electron chi connectivity index (χ2n) is 8.80. The van der Waals surface area contributed by atoms with Gasteiger partial charge < -0.3 is 10.2 Å². The number of rotatable bonds is 10. The molecule has 0 aliphatic heterocycles. The van der Waals surface area contributed by atoms with E-state index in [0.29, 0.717) is 30.5 Å². The molecule has 34 heavy (non-hydrogen) atoms. The molecule has 6 heteroatoms. The lowest BCUT2D eigenvalue weighted by atomic mass is 10.0. The fourth-order valence-electron chi connectivity index (χ4n) is 3.64. The first-order chi connectivity index (χ1) is 16.3. The van der Waals surface area contributed by atoms with Gasteiger partial charge in [-0.1, -0.05) is 96.0 Å². The largest absolute Gasteiger partial charge is 0.354 e. The molecule has 0 saturated heterocycles. The molecule has 0 bridgehead atoms. The number of carbonyl (C=O) groups excluding carboxylic acids is 2. The number of nitrogens with one attached hydrogen (secondary N) is 1. The smallest absolute Gasteiger partial charge is 0.243 e. The van der Waals surface area contributed by atoms with Crippen LogP contribution >= 0.6 is 27.5 Å². The van der Waals surface area contributed by atoms with Crippen molar-refractivity contribution in [2.45, 2.75) is 39.3 Å². The highest BCUT2D eigenvalue weighted by molar-refractivity contribution is 9.10. The van der Waals surface area contributed by atoms with Gasteiger partial charge in [0.15, 0.2) is 0 Å². The van der Waals surface area contributed by atoms with E-state index in [9.17, 15) is 9.59 Å². The maximum absolute atomic E-state index is 13.6. The van der Waals surface area contributed by atoms with Gasteiger partial charge in [0, 0.05) is 29.0 Å². The maximum atomic E-state index is 13.6. The summed E-state index contributed by atoms with van der Waals surface area (Å²) in [6.45, 7) is 5.00. The van der Waals surface area contributed by atoms with E-state index in [2.05, 4.69) is 35.1 Å². The van der Waals surface area contributed by atoms with Gasteiger partial charge in [0.1, 0.15) is 6.04 Å². The zero-order chi connectivity index (χ0) is 24.5. The van der Waals surface area contributed by atoms with E-state index >= 15 is 0 Å². The van der Waals surface area contributed by atoms with Crippen molar-refractivity contribution in [3.63, 3.8) is 0 Å². The number of halogens is 2. The van der Waals surface area contributed by atoms with E-state index in [1.807, 2.05) is 66.7 Å². The summed E-state index contributed by atoms with van der Waals surface area (Å²) in [6.07, 6.45) is 0.629. The quantitative estimate of drug-likeness (QED) is 0.339. The highest BCUT2D eigenvalue weighted by Crippen LogP contribution is 2.19. The highest BCUT2D eigenvalue weighted by Gasteiger charge is 2.30. The zero-order valence-electron chi connectivity index (χ0n) is 19.5. The van der Waals surface area contributed by atoms with Crippen molar-refractivity contribution in [3.05, 3.63) is 105 Å². The van der Waals surface area contributed by atoms with E-state index in [1.54, 1.807) is 17.0 Å². The van der Waals surface area contributed by atoms with E-state index < -0.39 is 6.04 Å². The first-order valence-corrected chi connectivity index (χ1v) is 12.6. The van der Waals surface area contributed by atoms with Crippen LogP contribution in [-0.4, -0.2) is 29.3 Å². The summed E-state index contributed by atoms with van der Waals surface area (Å²) in [5.74, 6) is 0.0657. The third-order valence-electron chi connectivity index (χ3n) is 5.49. The van der Waals surface area contributed by atoms with Crippen LogP contribution < -0.4 is 5.32 Å². The molecule has 0 saturated carbocycles. The van der Waals surface area contributed by atoms with Gasteiger partial charge in [0.05, 0.1) is 6.42 Å². The molecule has 0 fully saturated rings. The number of benzene rings is 3. The van der Waals surface area contributed by atoms with Gasteiger partial charge in [0.25, 0.3) is 0 Å². The molecule has 3 aromatic carbocycles. The van der Waals surface area contributed by atoms with Crippen LogP contribution in [0.4, 0.5) is 0 Å². The van der Waals surface area contributed by atoms with Gasteiger partial charge in [-0.2, -0.15) is 0 Å². The first kappa shape index (κ1) is 26.0. The molecule has 0 aromatic heterocycles. The minimum atomic E-state index is -0.635. The topological polar surface area (TPSA) is 49.4 Å². The zero-order valence-corrected chi connectivity index (χ0v) is 21.9.